The number of hydrogen-bond acceptors (Lipinski definition) is 5. The summed E-state index contributed by atoms with van der Waals surface area (Å²) in [7, 11) is 3.09. The first-order valence-corrected chi connectivity index (χ1v) is 6.20. The molecule has 0 fully saturated rings. The Morgan fingerprint density at radius 2 is 1.57 bits per heavy atom. The normalized spacial score (nSPS) is 10.0. The first kappa shape index (κ1) is 14.6. The lowest BCUT2D eigenvalue weighted by molar-refractivity contribution is -0.385. The fraction of sp³-hybridized carbons (Fsp3) is 0.200. The first-order chi connectivity index (χ1) is 10.0. The van der Waals surface area contributed by atoms with Gasteiger partial charge in [-0.1, -0.05) is 0 Å². The number of nitro benzene ring substituents is 1. The highest BCUT2D eigenvalue weighted by Crippen LogP contribution is 2.34. The molecule has 110 valence electrons. The van der Waals surface area contributed by atoms with Crippen molar-refractivity contribution < 1.29 is 19.1 Å². The Morgan fingerprint density at radius 3 is 2.14 bits per heavy atom. The van der Waals surface area contributed by atoms with E-state index < -0.39 is 4.92 Å². The molecule has 0 aliphatic rings. The summed E-state index contributed by atoms with van der Waals surface area (Å²) in [4.78, 5) is 10.4. The van der Waals surface area contributed by atoms with Gasteiger partial charge in [0.1, 0.15) is 11.5 Å². The molecule has 2 aromatic rings. The maximum atomic E-state index is 10.8. The predicted molar refractivity (Wildman–Crippen MR) is 77.5 cm³/mol. The molecule has 2 rings (SSSR count). The molecule has 0 aliphatic heterocycles. The van der Waals surface area contributed by atoms with Crippen LogP contribution in [0.5, 0.6) is 23.0 Å². The molecule has 2 aromatic carbocycles. The van der Waals surface area contributed by atoms with Crippen LogP contribution in [0, 0.1) is 17.0 Å². The summed E-state index contributed by atoms with van der Waals surface area (Å²) in [5.74, 6) is 2.23. The van der Waals surface area contributed by atoms with Gasteiger partial charge < -0.3 is 14.2 Å². The van der Waals surface area contributed by atoms with Gasteiger partial charge in [0.25, 0.3) is 5.69 Å². The Balaban J connectivity index is 2.26. The third-order valence-corrected chi connectivity index (χ3v) is 2.96. The summed E-state index contributed by atoms with van der Waals surface area (Å²) in [5.41, 5.74) is 0.604. The smallest absolute Gasteiger partial charge is 0.272 e. The Morgan fingerprint density at radius 1 is 0.952 bits per heavy atom. The van der Waals surface area contributed by atoms with Crippen molar-refractivity contribution in [3.8, 4) is 23.0 Å². The minimum atomic E-state index is -0.421. The Kier molecular flexibility index (Phi) is 4.27. The molecule has 0 saturated carbocycles. The summed E-state index contributed by atoms with van der Waals surface area (Å²) >= 11 is 0. The number of rotatable bonds is 5. The van der Waals surface area contributed by atoms with Gasteiger partial charge in [0.05, 0.1) is 19.1 Å². The highest BCUT2D eigenvalue weighted by molar-refractivity contribution is 5.49. The van der Waals surface area contributed by atoms with E-state index >= 15 is 0 Å². The van der Waals surface area contributed by atoms with E-state index in [4.69, 9.17) is 14.2 Å². The van der Waals surface area contributed by atoms with E-state index in [1.54, 1.807) is 44.4 Å². The van der Waals surface area contributed by atoms with Crippen LogP contribution in [0.3, 0.4) is 0 Å². The molecule has 0 unspecified atom stereocenters. The summed E-state index contributed by atoms with van der Waals surface area (Å²) in [6.45, 7) is 1.67. The lowest BCUT2D eigenvalue weighted by atomic mass is 10.2. The number of nitro groups is 1. The number of nitrogens with zero attached hydrogens (tertiary/aromatic N) is 1. The summed E-state index contributed by atoms with van der Waals surface area (Å²) in [6, 6.07) is 9.75. The second-order valence-electron chi connectivity index (χ2n) is 4.32. The van der Waals surface area contributed by atoms with Crippen LogP contribution in [-0.2, 0) is 0 Å². The average Bonchev–Trinajstić information content (AvgIpc) is 2.46. The van der Waals surface area contributed by atoms with Crippen molar-refractivity contribution in [3.63, 3.8) is 0 Å². The van der Waals surface area contributed by atoms with Gasteiger partial charge in [0, 0.05) is 17.7 Å². The molecule has 6 heteroatoms. The second-order valence-corrected chi connectivity index (χ2v) is 4.32. The predicted octanol–water partition coefficient (Wildman–Crippen LogP) is 3.71. The average molecular weight is 289 g/mol. The first-order valence-electron chi connectivity index (χ1n) is 6.20. The van der Waals surface area contributed by atoms with Crippen LogP contribution in [0.4, 0.5) is 5.69 Å². The topological polar surface area (TPSA) is 70.8 Å². The van der Waals surface area contributed by atoms with Crippen LogP contribution < -0.4 is 14.2 Å². The molecule has 0 N–H and O–H groups in total. The molecule has 6 nitrogen and oxygen atoms in total. The fourth-order valence-electron chi connectivity index (χ4n) is 1.91. The largest absolute Gasteiger partial charge is 0.493 e. The zero-order valence-corrected chi connectivity index (χ0v) is 12.0. The third kappa shape index (κ3) is 3.22. The molecule has 0 bridgehead atoms. The van der Waals surface area contributed by atoms with Crippen molar-refractivity contribution >= 4 is 5.69 Å². The molecular formula is C15H15NO5. The summed E-state index contributed by atoms with van der Waals surface area (Å²) in [5, 5.41) is 10.8. The Bertz CT molecular complexity index is 669. The lowest BCUT2D eigenvalue weighted by Crippen LogP contribution is -1.93. The molecule has 21 heavy (non-hydrogen) atoms. The van der Waals surface area contributed by atoms with Crippen LogP contribution in [0.1, 0.15) is 5.56 Å². The van der Waals surface area contributed by atoms with Gasteiger partial charge in [0.15, 0.2) is 11.5 Å². The van der Waals surface area contributed by atoms with Gasteiger partial charge >= 0.3 is 0 Å². The zero-order chi connectivity index (χ0) is 15.4. The standard InChI is InChI=1S/C15H15NO5/c1-10-8-11(4-6-13(10)16(17)18)21-12-5-7-14(19-2)15(9-12)20-3/h4-9H,1-3H3. The molecule has 0 heterocycles. The van der Waals surface area contributed by atoms with Crippen molar-refractivity contribution in [3.05, 3.63) is 52.1 Å². The van der Waals surface area contributed by atoms with E-state index in [2.05, 4.69) is 0 Å². The molecule has 0 spiro atoms. The second kappa shape index (κ2) is 6.13. The molecular weight excluding hydrogens is 274 g/mol. The number of ether oxygens (including phenoxy) is 3. The molecule has 0 saturated heterocycles. The molecule has 0 radical (unpaired) electrons. The van der Waals surface area contributed by atoms with E-state index in [-0.39, 0.29) is 5.69 Å². The van der Waals surface area contributed by atoms with Gasteiger partial charge in [-0.25, -0.2) is 0 Å². The van der Waals surface area contributed by atoms with Crippen molar-refractivity contribution in [2.75, 3.05) is 14.2 Å². The van der Waals surface area contributed by atoms with Crippen molar-refractivity contribution in [2.24, 2.45) is 0 Å². The minimum Gasteiger partial charge on any atom is -0.493 e. The van der Waals surface area contributed by atoms with E-state index in [1.165, 1.54) is 13.2 Å². The van der Waals surface area contributed by atoms with E-state index in [0.29, 0.717) is 28.6 Å². The quantitative estimate of drug-likeness (QED) is 0.619. The van der Waals surface area contributed by atoms with Crippen molar-refractivity contribution in [1.82, 2.24) is 0 Å². The molecule has 0 aliphatic carbocycles. The van der Waals surface area contributed by atoms with Gasteiger partial charge in [-0.15, -0.1) is 0 Å². The van der Waals surface area contributed by atoms with E-state index in [1.807, 2.05) is 0 Å². The number of benzene rings is 2. The summed E-state index contributed by atoms with van der Waals surface area (Å²) < 4.78 is 16.0. The van der Waals surface area contributed by atoms with E-state index in [0.717, 1.165) is 0 Å². The molecule has 0 amide bonds. The van der Waals surface area contributed by atoms with Crippen LogP contribution in [0.25, 0.3) is 0 Å². The van der Waals surface area contributed by atoms with Crippen LogP contribution in [0.2, 0.25) is 0 Å². The summed E-state index contributed by atoms with van der Waals surface area (Å²) in [6.07, 6.45) is 0. The third-order valence-electron chi connectivity index (χ3n) is 2.96. The zero-order valence-electron chi connectivity index (χ0n) is 12.0. The van der Waals surface area contributed by atoms with Gasteiger partial charge in [-0.05, 0) is 31.2 Å². The van der Waals surface area contributed by atoms with Crippen LogP contribution in [-0.4, -0.2) is 19.1 Å². The van der Waals surface area contributed by atoms with Crippen molar-refractivity contribution in [2.45, 2.75) is 6.92 Å². The minimum absolute atomic E-state index is 0.0645. The maximum absolute atomic E-state index is 10.8. The van der Waals surface area contributed by atoms with E-state index in [9.17, 15) is 10.1 Å². The Labute approximate surface area is 122 Å². The highest BCUT2D eigenvalue weighted by Gasteiger charge is 2.12. The highest BCUT2D eigenvalue weighted by atomic mass is 16.6. The number of methoxy groups -OCH3 is 2. The molecule has 0 atom stereocenters. The van der Waals surface area contributed by atoms with Crippen LogP contribution in [0.15, 0.2) is 36.4 Å². The number of aryl methyl sites for hydroxylation is 1. The van der Waals surface area contributed by atoms with Gasteiger partial charge in [-0.3, -0.25) is 10.1 Å². The molecule has 0 aromatic heterocycles. The SMILES string of the molecule is COc1ccc(Oc2ccc([N+](=O)[O-])c(C)c2)cc1OC. The van der Waals surface area contributed by atoms with Crippen molar-refractivity contribution in [1.29, 1.82) is 0 Å². The monoisotopic (exact) mass is 289 g/mol. The fourth-order valence-corrected chi connectivity index (χ4v) is 1.91. The lowest BCUT2D eigenvalue weighted by Gasteiger charge is -2.11. The van der Waals surface area contributed by atoms with Crippen LogP contribution >= 0.6 is 0 Å². The Hall–Kier alpha value is -2.76. The number of hydrogen-bond donors (Lipinski definition) is 0. The van der Waals surface area contributed by atoms with Gasteiger partial charge in [0.2, 0.25) is 0 Å². The maximum Gasteiger partial charge on any atom is 0.272 e. The van der Waals surface area contributed by atoms with Gasteiger partial charge in [-0.2, -0.15) is 0 Å².